The molecule has 0 aromatic heterocycles. The number of hydrogen-bond acceptors (Lipinski definition) is 4. The van der Waals surface area contributed by atoms with E-state index in [4.69, 9.17) is 9.05 Å². The second kappa shape index (κ2) is 9.91. The summed E-state index contributed by atoms with van der Waals surface area (Å²) in [5, 5.41) is 2.80. The van der Waals surface area contributed by atoms with Crippen molar-refractivity contribution in [3.05, 3.63) is 47.4 Å². The van der Waals surface area contributed by atoms with Gasteiger partial charge >= 0.3 is 7.60 Å². The molecule has 1 aromatic rings. The molecule has 1 N–H and O–H groups in total. The Kier molecular flexibility index (Phi) is 7.89. The fourth-order valence-electron chi connectivity index (χ4n) is 3.02. The highest BCUT2D eigenvalue weighted by Gasteiger charge is 2.32. The summed E-state index contributed by atoms with van der Waals surface area (Å²) in [6.45, 7) is 4.03. The van der Waals surface area contributed by atoms with Gasteiger partial charge < -0.3 is 14.4 Å². The van der Waals surface area contributed by atoms with Crippen molar-refractivity contribution in [2.24, 2.45) is 5.92 Å². The second-order valence-electron chi connectivity index (χ2n) is 6.10. The van der Waals surface area contributed by atoms with Crippen LogP contribution in [0.2, 0.25) is 0 Å². The zero-order chi connectivity index (χ0) is 18.1. The number of carbonyl (C=O) groups is 1. The molecule has 25 heavy (non-hydrogen) atoms. The Morgan fingerprint density at radius 2 is 1.72 bits per heavy atom. The van der Waals surface area contributed by atoms with Crippen molar-refractivity contribution >= 4 is 13.5 Å². The van der Waals surface area contributed by atoms with E-state index in [0.717, 1.165) is 25.7 Å². The quantitative estimate of drug-likeness (QED) is 0.651. The standard InChI is InChI=1S/C19H28NO4P/c1-3-23-25(22,24-4-2)18(15-16-11-7-5-8-12-16)20-19(21)17-13-9-6-10-14-17/h6,9-10,13-16H,3-5,7-8,11-12H2,1-2H3,(H,20,21)/b18-15-. The van der Waals surface area contributed by atoms with E-state index < -0.39 is 7.60 Å². The average molecular weight is 365 g/mol. The highest BCUT2D eigenvalue weighted by atomic mass is 31.2. The van der Waals surface area contributed by atoms with Crippen molar-refractivity contribution < 1.29 is 18.4 Å². The summed E-state index contributed by atoms with van der Waals surface area (Å²) in [7, 11) is -3.54. The lowest BCUT2D eigenvalue weighted by Gasteiger charge is -2.24. The number of allylic oxidation sites excluding steroid dienone is 1. The molecule has 1 fully saturated rings. The van der Waals surface area contributed by atoms with Crippen LogP contribution in [0.5, 0.6) is 0 Å². The molecule has 1 amide bonds. The summed E-state index contributed by atoms with van der Waals surface area (Å²) in [5.74, 6) is -0.0173. The minimum atomic E-state index is -3.54. The smallest absolute Gasteiger partial charge is 0.315 e. The number of hydrogen-bond donors (Lipinski definition) is 1. The molecule has 0 bridgehead atoms. The van der Waals surface area contributed by atoms with Gasteiger partial charge in [0, 0.05) is 5.56 Å². The van der Waals surface area contributed by atoms with Gasteiger partial charge in [-0.2, -0.15) is 0 Å². The molecule has 1 saturated carbocycles. The normalized spacial score (nSPS) is 16.6. The summed E-state index contributed by atoms with van der Waals surface area (Å²) in [5.41, 5.74) is 0.786. The fourth-order valence-corrected chi connectivity index (χ4v) is 4.68. The lowest BCUT2D eigenvalue weighted by atomic mass is 9.89. The molecule has 2 rings (SSSR count). The maximum Gasteiger partial charge on any atom is 0.377 e. The lowest BCUT2D eigenvalue weighted by Crippen LogP contribution is -2.25. The van der Waals surface area contributed by atoms with Gasteiger partial charge in [0.25, 0.3) is 5.91 Å². The fraction of sp³-hybridized carbons (Fsp3) is 0.526. The Hall–Kier alpha value is -1.42. The molecule has 1 aliphatic rings. The van der Waals surface area contributed by atoms with Crippen molar-refractivity contribution in [1.82, 2.24) is 5.32 Å². The van der Waals surface area contributed by atoms with Crippen LogP contribution in [0.4, 0.5) is 0 Å². The van der Waals surface area contributed by atoms with Crippen LogP contribution in [-0.4, -0.2) is 19.1 Å². The minimum absolute atomic E-state index is 0.250. The molecule has 0 heterocycles. The Morgan fingerprint density at radius 3 is 2.28 bits per heavy atom. The number of carbonyl (C=O) groups excluding carboxylic acids is 1. The topological polar surface area (TPSA) is 64.6 Å². The van der Waals surface area contributed by atoms with E-state index >= 15 is 0 Å². The van der Waals surface area contributed by atoms with Crippen LogP contribution in [0.1, 0.15) is 56.3 Å². The van der Waals surface area contributed by atoms with Gasteiger partial charge in [-0.15, -0.1) is 0 Å². The summed E-state index contributed by atoms with van der Waals surface area (Å²) in [6, 6.07) is 8.88. The molecular formula is C19H28NO4P. The molecule has 0 radical (unpaired) electrons. The average Bonchev–Trinajstić information content (AvgIpc) is 2.63. The molecule has 6 heteroatoms. The first kappa shape index (κ1) is 19.9. The molecule has 138 valence electrons. The molecule has 0 atom stereocenters. The predicted molar refractivity (Wildman–Crippen MR) is 99.4 cm³/mol. The first-order chi connectivity index (χ1) is 12.1. The van der Waals surface area contributed by atoms with Gasteiger partial charge in [-0.25, -0.2) is 0 Å². The third-order valence-electron chi connectivity index (χ3n) is 4.21. The molecule has 1 aromatic carbocycles. The molecule has 0 saturated heterocycles. The Labute approximate surface area is 150 Å². The van der Waals surface area contributed by atoms with Gasteiger partial charge in [0.2, 0.25) is 0 Å². The van der Waals surface area contributed by atoms with Crippen molar-refractivity contribution in [2.45, 2.75) is 46.0 Å². The van der Waals surface area contributed by atoms with E-state index in [1.54, 1.807) is 38.1 Å². The molecular weight excluding hydrogens is 337 g/mol. The van der Waals surface area contributed by atoms with Crippen LogP contribution >= 0.6 is 7.60 Å². The maximum absolute atomic E-state index is 13.2. The van der Waals surface area contributed by atoms with Gasteiger partial charge in [-0.3, -0.25) is 9.36 Å². The highest BCUT2D eigenvalue weighted by Crippen LogP contribution is 2.55. The van der Waals surface area contributed by atoms with E-state index in [2.05, 4.69) is 5.32 Å². The second-order valence-corrected chi connectivity index (χ2v) is 8.10. The van der Waals surface area contributed by atoms with Gasteiger partial charge in [0.05, 0.1) is 13.2 Å². The first-order valence-corrected chi connectivity index (χ1v) is 10.6. The Bertz CT molecular complexity index is 614. The minimum Gasteiger partial charge on any atom is -0.315 e. The maximum atomic E-state index is 13.2. The van der Waals surface area contributed by atoms with E-state index in [1.165, 1.54) is 6.42 Å². The van der Waals surface area contributed by atoms with Crippen LogP contribution in [0.25, 0.3) is 0 Å². The predicted octanol–water partition coefficient (Wildman–Crippen LogP) is 5.10. The Morgan fingerprint density at radius 1 is 1.12 bits per heavy atom. The van der Waals surface area contributed by atoms with Crippen LogP contribution in [0, 0.1) is 5.92 Å². The number of nitrogens with one attached hydrogen (secondary N) is 1. The van der Waals surface area contributed by atoms with Gasteiger partial charge in [-0.1, -0.05) is 37.5 Å². The van der Waals surface area contributed by atoms with Crippen molar-refractivity contribution in [1.29, 1.82) is 0 Å². The van der Waals surface area contributed by atoms with Crippen molar-refractivity contribution in [3.8, 4) is 0 Å². The largest absolute Gasteiger partial charge is 0.377 e. The molecule has 0 unspecified atom stereocenters. The number of amides is 1. The van der Waals surface area contributed by atoms with Crippen LogP contribution in [-0.2, 0) is 13.6 Å². The number of benzene rings is 1. The van der Waals surface area contributed by atoms with Gasteiger partial charge in [0.1, 0.15) is 5.44 Å². The molecule has 0 aliphatic heterocycles. The molecule has 0 spiro atoms. The SMILES string of the molecule is CCOP(=O)(OCC)/C(=C\C1CCCCC1)NC(=O)c1ccccc1. The van der Waals surface area contributed by atoms with Crippen LogP contribution in [0.3, 0.4) is 0 Å². The van der Waals surface area contributed by atoms with E-state index in [1.807, 2.05) is 12.1 Å². The first-order valence-electron chi connectivity index (χ1n) is 9.07. The summed E-state index contributed by atoms with van der Waals surface area (Å²) >= 11 is 0. The lowest BCUT2D eigenvalue weighted by molar-refractivity contribution is 0.0964. The number of rotatable bonds is 8. The van der Waals surface area contributed by atoms with Crippen LogP contribution in [0.15, 0.2) is 41.8 Å². The zero-order valence-corrected chi connectivity index (χ0v) is 16.0. The molecule has 1 aliphatic carbocycles. The van der Waals surface area contributed by atoms with Gasteiger partial charge in [0.15, 0.2) is 0 Å². The third kappa shape index (κ3) is 5.81. The summed E-state index contributed by atoms with van der Waals surface area (Å²) < 4.78 is 24.1. The van der Waals surface area contributed by atoms with Crippen molar-refractivity contribution in [2.75, 3.05) is 13.2 Å². The van der Waals surface area contributed by atoms with Gasteiger partial charge in [-0.05, 0) is 50.8 Å². The van der Waals surface area contributed by atoms with E-state index in [9.17, 15) is 9.36 Å². The monoisotopic (exact) mass is 365 g/mol. The zero-order valence-electron chi connectivity index (χ0n) is 15.1. The van der Waals surface area contributed by atoms with E-state index in [0.29, 0.717) is 5.56 Å². The summed E-state index contributed by atoms with van der Waals surface area (Å²) in [4.78, 5) is 12.6. The van der Waals surface area contributed by atoms with Crippen LogP contribution < -0.4 is 5.32 Å². The highest BCUT2D eigenvalue weighted by molar-refractivity contribution is 7.58. The van der Waals surface area contributed by atoms with Crippen molar-refractivity contribution in [3.63, 3.8) is 0 Å². The Balaban J connectivity index is 2.28. The third-order valence-corrected chi connectivity index (χ3v) is 6.26. The molecule has 5 nitrogen and oxygen atoms in total. The summed E-state index contributed by atoms with van der Waals surface area (Å²) in [6.07, 6.45) is 7.48. The van der Waals surface area contributed by atoms with E-state index in [-0.39, 0.29) is 30.5 Å².